The normalized spacial score (nSPS) is 20.5. The van der Waals surface area contributed by atoms with Crippen molar-refractivity contribution in [1.82, 2.24) is 4.98 Å². The summed E-state index contributed by atoms with van der Waals surface area (Å²) >= 11 is 3.31. The Morgan fingerprint density at radius 3 is 2.59 bits per heavy atom. The minimum absolute atomic E-state index is 0.594. The van der Waals surface area contributed by atoms with Gasteiger partial charge < -0.3 is 5.11 Å². The number of hydrogen-bond acceptors (Lipinski definition) is 3. The highest BCUT2D eigenvalue weighted by molar-refractivity contribution is 9.10. The molecule has 1 unspecified atom stereocenters. The maximum atomic E-state index is 10.4. The molecule has 1 N–H and O–H groups in total. The molecule has 90 valence electrons. The molecule has 0 amide bonds. The number of rotatable bonds is 2. The van der Waals surface area contributed by atoms with Gasteiger partial charge in [0, 0.05) is 10.7 Å². The van der Waals surface area contributed by atoms with Gasteiger partial charge in [0.2, 0.25) is 0 Å². The van der Waals surface area contributed by atoms with Crippen LogP contribution in [0.4, 0.5) is 0 Å². The lowest BCUT2D eigenvalue weighted by molar-refractivity contribution is 0.0327. The third-order valence-corrected chi connectivity index (χ3v) is 3.99. The van der Waals surface area contributed by atoms with Gasteiger partial charge in [-0.1, -0.05) is 19.3 Å². The Labute approximate surface area is 110 Å². The minimum Gasteiger partial charge on any atom is -0.385 e. The third-order valence-electron chi connectivity index (χ3n) is 3.52. The lowest BCUT2D eigenvalue weighted by atomic mass is 9.70. The summed E-state index contributed by atoms with van der Waals surface area (Å²) in [6.07, 6.45) is 5.60. The van der Waals surface area contributed by atoms with Crippen molar-refractivity contribution in [2.75, 3.05) is 0 Å². The van der Waals surface area contributed by atoms with E-state index >= 15 is 0 Å². The van der Waals surface area contributed by atoms with Crippen LogP contribution in [0.3, 0.4) is 0 Å². The van der Waals surface area contributed by atoms with Crippen molar-refractivity contribution >= 4 is 15.9 Å². The molecule has 1 aromatic heterocycles. The Balaban J connectivity index is 2.25. The van der Waals surface area contributed by atoms with Crippen LogP contribution >= 0.6 is 15.9 Å². The first-order valence-corrected chi connectivity index (χ1v) is 6.68. The SMILES string of the molecule is N#CC1(C(O)c2ccc(Br)cn2)CCCCC1. The van der Waals surface area contributed by atoms with E-state index in [-0.39, 0.29) is 0 Å². The Kier molecular flexibility index (Phi) is 3.80. The zero-order valence-corrected chi connectivity index (χ0v) is 11.2. The summed E-state index contributed by atoms with van der Waals surface area (Å²) in [5.74, 6) is 0. The summed E-state index contributed by atoms with van der Waals surface area (Å²) in [5, 5.41) is 19.8. The van der Waals surface area contributed by atoms with Crippen LogP contribution < -0.4 is 0 Å². The second-order valence-electron chi connectivity index (χ2n) is 4.63. The van der Waals surface area contributed by atoms with Gasteiger partial charge in [0.05, 0.1) is 17.2 Å². The van der Waals surface area contributed by atoms with Crippen molar-refractivity contribution in [1.29, 1.82) is 5.26 Å². The fourth-order valence-electron chi connectivity index (χ4n) is 2.46. The Bertz CT molecular complexity index is 418. The first-order valence-electron chi connectivity index (χ1n) is 5.89. The van der Waals surface area contributed by atoms with Gasteiger partial charge in [-0.25, -0.2) is 0 Å². The topological polar surface area (TPSA) is 56.9 Å². The van der Waals surface area contributed by atoms with Crippen LogP contribution in [0.2, 0.25) is 0 Å². The Morgan fingerprint density at radius 2 is 2.06 bits per heavy atom. The van der Waals surface area contributed by atoms with E-state index in [1.54, 1.807) is 12.3 Å². The number of nitrogens with zero attached hydrogens (tertiary/aromatic N) is 2. The molecule has 1 aromatic rings. The molecule has 0 radical (unpaired) electrons. The Hall–Kier alpha value is -0.920. The number of hydrogen-bond donors (Lipinski definition) is 1. The summed E-state index contributed by atoms with van der Waals surface area (Å²) in [7, 11) is 0. The second kappa shape index (κ2) is 5.16. The van der Waals surface area contributed by atoms with Crippen molar-refractivity contribution < 1.29 is 5.11 Å². The van der Waals surface area contributed by atoms with Crippen molar-refractivity contribution in [3.8, 4) is 6.07 Å². The molecule has 0 saturated heterocycles. The quantitative estimate of drug-likeness (QED) is 0.910. The molecule has 0 aromatic carbocycles. The van der Waals surface area contributed by atoms with Crippen LogP contribution in [0, 0.1) is 16.7 Å². The number of aliphatic hydroxyl groups is 1. The molecule has 1 saturated carbocycles. The van der Waals surface area contributed by atoms with Crippen LogP contribution in [-0.2, 0) is 0 Å². The molecule has 1 atom stereocenters. The molecule has 17 heavy (non-hydrogen) atoms. The molecule has 0 aliphatic heterocycles. The number of aromatic nitrogens is 1. The lowest BCUT2D eigenvalue weighted by Gasteiger charge is -2.34. The molecule has 3 nitrogen and oxygen atoms in total. The maximum absolute atomic E-state index is 10.4. The van der Waals surface area contributed by atoms with Gasteiger partial charge in [-0.15, -0.1) is 0 Å². The first kappa shape index (κ1) is 12.5. The van der Waals surface area contributed by atoms with Crippen molar-refractivity contribution in [3.63, 3.8) is 0 Å². The van der Waals surface area contributed by atoms with Gasteiger partial charge in [0.15, 0.2) is 0 Å². The fourth-order valence-corrected chi connectivity index (χ4v) is 2.70. The van der Waals surface area contributed by atoms with Gasteiger partial charge in [-0.05, 0) is 40.9 Å². The summed E-state index contributed by atoms with van der Waals surface area (Å²) in [6.45, 7) is 0. The zero-order valence-electron chi connectivity index (χ0n) is 9.56. The van der Waals surface area contributed by atoms with E-state index in [9.17, 15) is 10.4 Å². The van der Waals surface area contributed by atoms with E-state index in [1.165, 1.54) is 0 Å². The number of pyridine rings is 1. The number of halogens is 1. The van der Waals surface area contributed by atoms with Crippen molar-refractivity contribution in [2.24, 2.45) is 5.41 Å². The molecular formula is C13H15BrN2O. The van der Waals surface area contributed by atoms with E-state index in [0.717, 1.165) is 36.6 Å². The largest absolute Gasteiger partial charge is 0.385 e. The van der Waals surface area contributed by atoms with E-state index in [2.05, 4.69) is 27.0 Å². The van der Waals surface area contributed by atoms with Gasteiger partial charge >= 0.3 is 0 Å². The van der Waals surface area contributed by atoms with Crippen LogP contribution in [0.1, 0.15) is 43.9 Å². The summed E-state index contributed by atoms with van der Waals surface area (Å²) in [4.78, 5) is 4.20. The van der Waals surface area contributed by atoms with Crippen LogP contribution in [-0.4, -0.2) is 10.1 Å². The molecule has 0 bridgehead atoms. The molecule has 1 heterocycles. The lowest BCUT2D eigenvalue weighted by Crippen LogP contribution is -2.30. The van der Waals surface area contributed by atoms with E-state index in [4.69, 9.17) is 0 Å². The average molecular weight is 295 g/mol. The predicted octanol–water partition coefficient (Wildman–Crippen LogP) is 3.35. The monoisotopic (exact) mass is 294 g/mol. The molecular weight excluding hydrogens is 280 g/mol. The molecule has 4 heteroatoms. The summed E-state index contributed by atoms with van der Waals surface area (Å²) in [5.41, 5.74) is -0.0457. The molecule has 0 spiro atoms. The summed E-state index contributed by atoms with van der Waals surface area (Å²) < 4.78 is 0.878. The molecule has 1 aliphatic rings. The molecule has 2 rings (SSSR count). The highest BCUT2D eigenvalue weighted by Gasteiger charge is 2.40. The van der Waals surface area contributed by atoms with Crippen LogP contribution in [0.5, 0.6) is 0 Å². The van der Waals surface area contributed by atoms with Crippen molar-refractivity contribution in [2.45, 2.75) is 38.2 Å². The molecule has 1 aliphatic carbocycles. The van der Waals surface area contributed by atoms with Gasteiger partial charge in [-0.3, -0.25) is 4.98 Å². The van der Waals surface area contributed by atoms with Gasteiger partial charge in [0.25, 0.3) is 0 Å². The minimum atomic E-state index is -0.777. The van der Waals surface area contributed by atoms with Crippen LogP contribution in [0.25, 0.3) is 0 Å². The predicted molar refractivity (Wildman–Crippen MR) is 68.0 cm³/mol. The fraction of sp³-hybridized carbons (Fsp3) is 0.538. The van der Waals surface area contributed by atoms with Gasteiger partial charge in [0.1, 0.15) is 6.10 Å². The van der Waals surface area contributed by atoms with Crippen molar-refractivity contribution in [3.05, 3.63) is 28.5 Å². The van der Waals surface area contributed by atoms with E-state index in [0.29, 0.717) is 5.69 Å². The second-order valence-corrected chi connectivity index (χ2v) is 5.55. The number of nitriles is 1. The van der Waals surface area contributed by atoms with Gasteiger partial charge in [-0.2, -0.15) is 5.26 Å². The first-order chi connectivity index (χ1) is 8.18. The van der Waals surface area contributed by atoms with E-state index in [1.807, 2.05) is 6.07 Å². The highest BCUT2D eigenvalue weighted by atomic mass is 79.9. The Morgan fingerprint density at radius 1 is 1.35 bits per heavy atom. The maximum Gasteiger partial charge on any atom is 0.114 e. The standard InChI is InChI=1S/C13H15BrN2O/c14-10-4-5-11(16-8-10)12(17)13(9-15)6-2-1-3-7-13/h4-5,8,12,17H,1-3,6-7H2. The van der Waals surface area contributed by atoms with E-state index < -0.39 is 11.5 Å². The number of aliphatic hydroxyl groups excluding tert-OH is 1. The van der Waals surface area contributed by atoms with Crippen LogP contribution in [0.15, 0.2) is 22.8 Å². The smallest absolute Gasteiger partial charge is 0.114 e. The molecule has 1 fully saturated rings. The summed E-state index contributed by atoms with van der Waals surface area (Å²) in [6, 6.07) is 5.96. The average Bonchev–Trinajstić information content (AvgIpc) is 2.39. The zero-order chi connectivity index (χ0) is 12.3. The third kappa shape index (κ3) is 2.51. The highest BCUT2D eigenvalue weighted by Crippen LogP contribution is 2.45.